The Kier molecular flexibility index (Phi) is 4.61. The van der Waals surface area contributed by atoms with Crippen molar-refractivity contribution in [3.8, 4) is 5.75 Å². The number of aromatic hydroxyl groups is 1. The fraction of sp³-hybridized carbons (Fsp3) is 0.105. The van der Waals surface area contributed by atoms with Crippen molar-refractivity contribution >= 4 is 23.2 Å². The van der Waals surface area contributed by atoms with Crippen LogP contribution in [0.2, 0.25) is 0 Å². The molecular formula is C19H15NO5. The maximum absolute atomic E-state index is 12.0. The maximum atomic E-state index is 12.0. The predicted octanol–water partition coefficient (Wildman–Crippen LogP) is 2.61. The fourth-order valence-corrected chi connectivity index (χ4v) is 2.47. The van der Waals surface area contributed by atoms with E-state index in [-0.39, 0.29) is 23.3 Å². The molecule has 3 rings (SSSR count). The van der Waals surface area contributed by atoms with Gasteiger partial charge in [0.05, 0.1) is 5.39 Å². The molecule has 25 heavy (non-hydrogen) atoms. The summed E-state index contributed by atoms with van der Waals surface area (Å²) >= 11 is 0. The number of nitrogens with zero attached hydrogens (tertiary/aromatic N) is 1. The number of carboxylic acid groups (broad SMARTS) is 1. The highest BCUT2D eigenvalue weighted by Gasteiger charge is 2.18. The van der Waals surface area contributed by atoms with E-state index >= 15 is 0 Å². The lowest BCUT2D eigenvalue weighted by Crippen LogP contribution is -2.21. The second-order valence-corrected chi connectivity index (χ2v) is 5.47. The minimum absolute atomic E-state index is 0.169. The Labute approximate surface area is 142 Å². The zero-order valence-electron chi connectivity index (χ0n) is 13.1. The van der Waals surface area contributed by atoms with E-state index in [4.69, 9.17) is 4.42 Å². The van der Waals surface area contributed by atoms with Crippen LogP contribution < -0.4 is 5.63 Å². The largest absolute Gasteiger partial charge is 0.506 e. The molecule has 0 radical (unpaired) electrons. The van der Waals surface area contributed by atoms with Gasteiger partial charge in [-0.1, -0.05) is 42.5 Å². The molecule has 0 unspecified atom stereocenters. The first-order chi connectivity index (χ1) is 12.1. The van der Waals surface area contributed by atoms with Crippen LogP contribution in [0.25, 0.3) is 11.0 Å². The number of rotatable bonds is 5. The van der Waals surface area contributed by atoms with Gasteiger partial charge in [-0.05, 0) is 17.7 Å². The Hall–Kier alpha value is -3.41. The summed E-state index contributed by atoms with van der Waals surface area (Å²) in [4.78, 5) is 27.4. The quantitative estimate of drug-likeness (QED) is 0.550. The molecule has 2 aromatic carbocycles. The van der Waals surface area contributed by atoms with Gasteiger partial charge in [0.25, 0.3) is 0 Å². The number of para-hydroxylation sites is 1. The molecule has 1 aromatic heterocycles. The van der Waals surface area contributed by atoms with Crippen molar-refractivity contribution in [1.29, 1.82) is 0 Å². The van der Waals surface area contributed by atoms with Crippen molar-refractivity contribution in [2.45, 2.75) is 12.5 Å². The topological polar surface area (TPSA) is 100 Å². The summed E-state index contributed by atoms with van der Waals surface area (Å²) < 4.78 is 5.13. The predicted molar refractivity (Wildman–Crippen MR) is 93.3 cm³/mol. The summed E-state index contributed by atoms with van der Waals surface area (Å²) in [6.45, 7) is 0. The zero-order valence-corrected chi connectivity index (χ0v) is 13.1. The molecule has 0 fully saturated rings. The third kappa shape index (κ3) is 3.58. The molecule has 126 valence electrons. The van der Waals surface area contributed by atoms with E-state index in [9.17, 15) is 19.8 Å². The van der Waals surface area contributed by atoms with Crippen LogP contribution in [0, 0.1) is 0 Å². The van der Waals surface area contributed by atoms with Crippen LogP contribution in [-0.2, 0) is 11.2 Å². The zero-order chi connectivity index (χ0) is 17.8. The smallest absolute Gasteiger partial charge is 0.348 e. The molecule has 0 aliphatic carbocycles. The molecule has 6 nitrogen and oxygen atoms in total. The number of fused-ring (bicyclic) bond motifs is 1. The van der Waals surface area contributed by atoms with Gasteiger partial charge in [0, 0.05) is 12.6 Å². The Morgan fingerprint density at radius 1 is 1.12 bits per heavy atom. The first kappa shape index (κ1) is 16.4. The second-order valence-electron chi connectivity index (χ2n) is 5.47. The van der Waals surface area contributed by atoms with Gasteiger partial charge >= 0.3 is 11.6 Å². The SMILES string of the molecule is O=C(O)[C@H](Cc1ccccc1)N=Cc1c(O)c2ccccc2oc1=O. The molecule has 0 amide bonds. The maximum Gasteiger partial charge on any atom is 0.348 e. The van der Waals surface area contributed by atoms with Crippen LogP contribution in [0.15, 0.2) is 68.8 Å². The molecule has 6 heteroatoms. The molecule has 3 aromatic rings. The lowest BCUT2D eigenvalue weighted by molar-refractivity contribution is -0.138. The highest BCUT2D eigenvalue weighted by Crippen LogP contribution is 2.25. The first-order valence-corrected chi connectivity index (χ1v) is 7.61. The normalized spacial score (nSPS) is 12.5. The number of carbonyl (C=O) groups is 1. The lowest BCUT2D eigenvalue weighted by Gasteiger charge is -2.08. The molecule has 1 heterocycles. The van der Waals surface area contributed by atoms with E-state index in [0.717, 1.165) is 11.8 Å². The van der Waals surface area contributed by atoms with Crippen molar-refractivity contribution in [3.05, 3.63) is 76.1 Å². The highest BCUT2D eigenvalue weighted by atomic mass is 16.4. The van der Waals surface area contributed by atoms with Crippen LogP contribution in [0.4, 0.5) is 0 Å². The molecule has 0 spiro atoms. The van der Waals surface area contributed by atoms with Crippen molar-refractivity contribution in [2.75, 3.05) is 0 Å². The Balaban J connectivity index is 1.95. The van der Waals surface area contributed by atoms with Crippen molar-refractivity contribution in [2.24, 2.45) is 4.99 Å². The number of hydrogen-bond acceptors (Lipinski definition) is 5. The molecule has 0 saturated carbocycles. The minimum atomic E-state index is -1.12. The van der Waals surface area contributed by atoms with Crippen LogP contribution in [-0.4, -0.2) is 28.4 Å². The van der Waals surface area contributed by atoms with Crippen LogP contribution in [0.3, 0.4) is 0 Å². The molecule has 0 aliphatic rings. The minimum Gasteiger partial charge on any atom is -0.506 e. The van der Waals surface area contributed by atoms with Gasteiger partial charge in [0.2, 0.25) is 0 Å². The number of carboxylic acids is 1. The van der Waals surface area contributed by atoms with E-state index in [1.54, 1.807) is 36.4 Å². The second kappa shape index (κ2) is 7.00. The summed E-state index contributed by atoms with van der Waals surface area (Å²) in [6.07, 6.45) is 1.24. The summed E-state index contributed by atoms with van der Waals surface area (Å²) in [5, 5.41) is 20.0. The third-order valence-corrected chi connectivity index (χ3v) is 3.76. The Morgan fingerprint density at radius 2 is 1.80 bits per heavy atom. The fourth-order valence-electron chi connectivity index (χ4n) is 2.47. The van der Waals surface area contributed by atoms with E-state index < -0.39 is 17.6 Å². The van der Waals surface area contributed by atoms with Gasteiger partial charge in [-0.25, -0.2) is 9.59 Å². The van der Waals surface area contributed by atoms with E-state index in [1.165, 1.54) is 0 Å². The van der Waals surface area contributed by atoms with Gasteiger partial charge in [-0.3, -0.25) is 4.99 Å². The number of aliphatic carboxylic acids is 1. The van der Waals surface area contributed by atoms with E-state index in [0.29, 0.717) is 5.39 Å². The van der Waals surface area contributed by atoms with Crippen LogP contribution in [0.5, 0.6) is 5.75 Å². The molecule has 0 aliphatic heterocycles. The monoisotopic (exact) mass is 337 g/mol. The average Bonchev–Trinajstić information content (AvgIpc) is 2.61. The summed E-state index contributed by atoms with van der Waals surface area (Å²) in [5.41, 5.74) is 0.116. The Morgan fingerprint density at radius 3 is 2.52 bits per heavy atom. The molecule has 1 atom stereocenters. The number of hydrogen-bond donors (Lipinski definition) is 2. The van der Waals surface area contributed by atoms with Crippen molar-refractivity contribution in [3.63, 3.8) is 0 Å². The standard InChI is InChI=1S/C19H15NO5/c21-17-13-8-4-5-9-16(13)25-19(24)14(17)11-20-15(18(22)23)10-12-6-2-1-3-7-12/h1-9,11,15,21H,10H2,(H,22,23)/t15-/m0/s1. The average molecular weight is 337 g/mol. The van der Waals surface area contributed by atoms with Gasteiger partial charge < -0.3 is 14.6 Å². The van der Waals surface area contributed by atoms with Crippen LogP contribution >= 0.6 is 0 Å². The summed E-state index contributed by atoms with van der Waals surface area (Å²) in [5.74, 6) is -1.40. The summed E-state index contributed by atoms with van der Waals surface area (Å²) in [7, 11) is 0. The number of benzene rings is 2. The molecular weight excluding hydrogens is 322 g/mol. The van der Waals surface area contributed by atoms with Gasteiger partial charge in [-0.15, -0.1) is 0 Å². The van der Waals surface area contributed by atoms with Crippen molar-refractivity contribution < 1.29 is 19.4 Å². The van der Waals surface area contributed by atoms with Gasteiger partial charge in [0.1, 0.15) is 16.9 Å². The highest BCUT2D eigenvalue weighted by molar-refractivity contribution is 5.94. The lowest BCUT2D eigenvalue weighted by atomic mass is 10.1. The van der Waals surface area contributed by atoms with Crippen LogP contribution in [0.1, 0.15) is 11.1 Å². The Bertz CT molecular complexity index is 992. The molecule has 0 saturated heterocycles. The molecule has 0 bridgehead atoms. The van der Waals surface area contributed by atoms with E-state index in [2.05, 4.69) is 4.99 Å². The van der Waals surface area contributed by atoms with Crippen molar-refractivity contribution in [1.82, 2.24) is 0 Å². The molecule has 2 N–H and O–H groups in total. The first-order valence-electron chi connectivity index (χ1n) is 7.61. The van der Waals surface area contributed by atoms with Gasteiger partial charge in [-0.2, -0.15) is 0 Å². The number of aliphatic imine (C=N–C) groups is 1. The van der Waals surface area contributed by atoms with Gasteiger partial charge in [0.15, 0.2) is 6.04 Å². The third-order valence-electron chi connectivity index (χ3n) is 3.76. The van der Waals surface area contributed by atoms with E-state index in [1.807, 2.05) is 18.2 Å². The summed E-state index contributed by atoms with van der Waals surface area (Å²) in [6, 6.07) is 14.5.